The second kappa shape index (κ2) is 8.27. The lowest BCUT2D eigenvalue weighted by Gasteiger charge is -2.36. The lowest BCUT2D eigenvalue weighted by atomic mass is 10.2. The molecule has 0 saturated carbocycles. The van der Waals surface area contributed by atoms with Crippen molar-refractivity contribution >= 4 is 5.69 Å². The van der Waals surface area contributed by atoms with Crippen molar-refractivity contribution in [2.75, 3.05) is 44.8 Å². The minimum atomic E-state index is -0.166. The van der Waals surface area contributed by atoms with Crippen LogP contribution in [0.2, 0.25) is 0 Å². The number of halogens is 1. The van der Waals surface area contributed by atoms with Crippen LogP contribution >= 0.6 is 0 Å². The molecule has 0 N–H and O–H groups in total. The number of anilines is 1. The molecule has 1 fully saturated rings. The van der Waals surface area contributed by atoms with Crippen molar-refractivity contribution in [1.82, 2.24) is 9.47 Å². The Bertz CT molecular complexity index is 754. The molecule has 0 atom stereocenters. The van der Waals surface area contributed by atoms with E-state index in [1.807, 2.05) is 24.4 Å². The minimum absolute atomic E-state index is 0.00910. The number of piperazine rings is 1. The average molecular weight is 345 g/mol. The first-order valence-electron chi connectivity index (χ1n) is 8.57. The van der Waals surface area contributed by atoms with E-state index in [4.69, 9.17) is 4.74 Å². The maximum atomic E-state index is 13.9. The zero-order valence-corrected chi connectivity index (χ0v) is 14.5. The molecule has 1 aliphatic heterocycles. The van der Waals surface area contributed by atoms with Gasteiger partial charge in [0.25, 0.3) is 5.56 Å². The largest absolute Gasteiger partial charge is 0.383 e. The van der Waals surface area contributed by atoms with Gasteiger partial charge in [-0.05, 0) is 17.7 Å². The fraction of sp³-hybridized carbons (Fsp3) is 0.421. The quantitative estimate of drug-likeness (QED) is 0.802. The molecule has 2 heterocycles. The standard InChI is InChI=1S/C19H24FN3O2/c1-25-13-12-23-15-16(6-7-19(23)24)14-21-8-10-22(11-9-21)18-5-3-2-4-17(18)20/h2-7,15H,8-14H2,1H3. The Balaban J connectivity index is 1.59. The van der Waals surface area contributed by atoms with Crippen molar-refractivity contribution in [1.29, 1.82) is 0 Å². The molecule has 0 unspecified atom stereocenters. The van der Waals surface area contributed by atoms with E-state index in [2.05, 4.69) is 9.80 Å². The van der Waals surface area contributed by atoms with Gasteiger partial charge in [-0.15, -0.1) is 0 Å². The number of para-hydroxylation sites is 1. The van der Waals surface area contributed by atoms with Crippen LogP contribution < -0.4 is 10.5 Å². The molecule has 5 nitrogen and oxygen atoms in total. The van der Waals surface area contributed by atoms with Gasteiger partial charge in [-0.2, -0.15) is 0 Å². The van der Waals surface area contributed by atoms with Crippen molar-refractivity contribution in [3.63, 3.8) is 0 Å². The van der Waals surface area contributed by atoms with Crippen LogP contribution in [0.1, 0.15) is 5.56 Å². The predicted molar refractivity (Wildman–Crippen MR) is 96.5 cm³/mol. The van der Waals surface area contributed by atoms with Gasteiger partial charge in [0.05, 0.1) is 12.3 Å². The summed E-state index contributed by atoms with van der Waals surface area (Å²) < 4.78 is 20.6. The average Bonchev–Trinajstić information content (AvgIpc) is 2.63. The van der Waals surface area contributed by atoms with E-state index in [1.54, 1.807) is 23.8 Å². The number of rotatable bonds is 6. The highest BCUT2D eigenvalue weighted by atomic mass is 19.1. The number of hydrogen-bond acceptors (Lipinski definition) is 4. The summed E-state index contributed by atoms with van der Waals surface area (Å²) in [6, 6.07) is 10.4. The van der Waals surface area contributed by atoms with Crippen LogP contribution in [0.3, 0.4) is 0 Å². The highest BCUT2D eigenvalue weighted by molar-refractivity contribution is 5.48. The monoisotopic (exact) mass is 345 g/mol. The first-order valence-corrected chi connectivity index (χ1v) is 8.57. The molecule has 1 aromatic heterocycles. The molecule has 1 saturated heterocycles. The summed E-state index contributed by atoms with van der Waals surface area (Å²) in [6.07, 6.45) is 1.91. The molecule has 0 spiro atoms. The Morgan fingerprint density at radius 2 is 1.84 bits per heavy atom. The number of benzene rings is 1. The maximum absolute atomic E-state index is 13.9. The minimum Gasteiger partial charge on any atom is -0.383 e. The third kappa shape index (κ3) is 4.46. The fourth-order valence-corrected chi connectivity index (χ4v) is 3.15. The molecular weight excluding hydrogens is 321 g/mol. The van der Waals surface area contributed by atoms with Crippen molar-refractivity contribution in [2.45, 2.75) is 13.1 Å². The molecule has 0 amide bonds. The van der Waals surface area contributed by atoms with Crippen LogP contribution in [0.25, 0.3) is 0 Å². The van der Waals surface area contributed by atoms with E-state index in [0.29, 0.717) is 18.8 Å². The number of aromatic nitrogens is 1. The van der Waals surface area contributed by atoms with Gasteiger partial charge >= 0.3 is 0 Å². The van der Waals surface area contributed by atoms with E-state index in [9.17, 15) is 9.18 Å². The van der Waals surface area contributed by atoms with E-state index < -0.39 is 0 Å². The molecule has 134 valence electrons. The van der Waals surface area contributed by atoms with Crippen LogP contribution in [0.4, 0.5) is 10.1 Å². The summed E-state index contributed by atoms with van der Waals surface area (Å²) in [5, 5.41) is 0. The second-order valence-electron chi connectivity index (χ2n) is 6.28. The number of methoxy groups -OCH3 is 1. The summed E-state index contributed by atoms with van der Waals surface area (Å²) in [7, 11) is 1.63. The second-order valence-corrected chi connectivity index (χ2v) is 6.28. The molecule has 6 heteroatoms. The Morgan fingerprint density at radius 1 is 1.08 bits per heavy atom. The SMILES string of the molecule is COCCn1cc(CN2CCN(c3ccccc3F)CC2)ccc1=O. The summed E-state index contributed by atoms with van der Waals surface area (Å²) in [4.78, 5) is 16.3. The third-order valence-electron chi connectivity index (χ3n) is 4.55. The fourth-order valence-electron chi connectivity index (χ4n) is 3.15. The first-order chi connectivity index (χ1) is 12.2. The van der Waals surface area contributed by atoms with Crippen molar-refractivity contribution in [3.05, 3.63) is 64.3 Å². The predicted octanol–water partition coefficient (Wildman–Crippen LogP) is 1.96. The molecule has 1 aromatic carbocycles. The van der Waals surface area contributed by atoms with E-state index in [1.165, 1.54) is 6.07 Å². The van der Waals surface area contributed by atoms with E-state index >= 15 is 0 Å². The number of hydrogen-bond donors (Lipinski definition) is 0. The summed E-state index contributed by atoms with van der Waals surface area (Å²) in [5.41, 5.74) is 1.77. The molecule has 3 rings (SSSR count). The van der Waals surface area contributed by atoms with Gasteiger partial charge in [-0.3, -0.25) is 9.69 Å². The molecule has 0 bridgehead atoms. The number of ether oxygens (including phenoxy) is 1. The highest BCUT2D eigenvalue weighted by Crippen LogP contribution is 2.20. The van der Waals surface area contributed by atoms with Gasteiger partial charge < -0.3 is 14.2 Å². The van der Waals surface area contributed by atoms with Gasteiger partial charge in [0.1, 0.15) is 5.82 Å². The maximum Gasteiger partial charge on any atom is 0.250 e. The van der Waals surface area contributed by atoms with Crippen molar-refractivity contribution < 1.29 is 9.13 Å². The van der Waals surface area contributed by atoms with E-state index in [0.717, 1.165) is 38.3 Å². The number of nitrogens with zero attached hydrogens (tertiary/aromatic N) is 3. The van der Waals surface area contributed by atoms with Gasteiger partial charge in [0.2, 0.25) is 0 Å². The smallest absolute Gasteiger partial charge is 0.250 e. The molecule has 1 aliphatic rings. The molecule has 2 aromatic rings. The van der Waals surface area contributed by atoms with Crippen LogP contribution in [0.15, 0.2) is 47.4 Å². The normalized spacial score (nSPS) is 15.5. The molecule has 0 aliphatic carbocycles. The van der Waals surface area contributed by atoms with Gasteiger partial charge in [-0.1, -0.05) is 18.2 Å². The lowest BCUT2D eigenvalue weighted by molar-refractivity contribution is 0.186. The molecule has 0 radical (unpaired) electrons. The summed E-state index contributed by atoms with van der Waals surface area (Å²) in [6.45, 7) is 5.19. The van der Waals surface area contributed by atoms with Crippen LogP contribution in [0.5, 0.6) is 0 Å². The van der Waals surface area contributed by atoms with Gasteiger partial charge in [-0.25, -0.2) is 4.39 Å². The Kier molecular flexibility index (Phi) is 5.83. The highest BCUT2D eigenvalue weighted by Gasteiger charge is 2.19. The zero-order valence-electron chi connectivity index (χ0n) is 14.5. The van der Waals surface area contributed by atoms with Crippen molar-refractivity contribution in [2.24, 2.45) is 0 Å². The lowest BCUT2D eigenvalue weighted by Crippen LogP contribution is -2.46. The summed E-state index contributed by atoms with van der Waals surface area (Å²) >= 11 is 0. The molecule has 25 heavy (non-hydrogen) atoms. The Labute approximate surface area is 147 Å². The van der Waals surface area contributed by atoms with Crippen molar-refractivity contribution in [3.8, 4) is 0 Å². The molecular formula is C19H24FN3O2. The topological polar surface area (TPSA) is 37.7 Å². The van der Waals surface area contributed by atoms with Crippen LogP contribution in [0, 0.1) is 5.82 Å². The van der Waals surface area contributed by atoms with Gasteiger partial charge in [0, 0.05) is 58.6 Å². The Morgan fingerprint density at radius 3 is 2.56 bits per heavy atom. The number of pyridine rings is 1. The first kappa shape index (κ1) is 17.6. The third-order valence-corrected chi connectivity index (χ3v) is 4.55. The zero-order chi connectivity index (χ0) is 17.6. The summed E-state index contributed by atoms with van der Waals surface area (Å²) in [5.74, 6) is -0.166. The van der Waals surface area contributed by atoms with E-state index in [-0.39, 0.29) is 11.4 Å². The van der Waals surface area contributed by atoms with Crippen LogP contribution in [-0.2, 0) is 17.8 Å². The Hall–Kier alpha value is -2.18. The van der Waals surface area contributed by atoms with Crippen LogP contribution in [-0.4, -0.2) is 49.4 Å². The van der Waals surface area contributed by atoms with Gasteiger partial charge in [0.15, 0.2) is 0 Å².